The normalized spacial score (nSPS) is 12.6. The van der Waals surface area contributed by atoms with Crippen molar-refractivity contribution in [2.24, 2.45) is 0 Å². The van der Waals surface area contributed by atoms with Gasteiger partial charge >= 0.3 is 443 Å². The second-order valence-electron chi connectivity index (χ2n) is 22.0. The topological polar surface area (TPSA) is 0 Å². The molecule has 360 valence electrons. The Hall–Kier alpha value is -6.41. The minimum atomic E-state index is -4.29. The predicted molar refractivity (Wildman–Crippen MR) is 313 cm³/mol. The molecule has 0 nitrogen and oxygen atoms in total. The average Bonchev–Trinajstić information content (AvgIpc) is 3.95. The van der Waals surface area contributed by atoms with Crippen molar-refractivity contribution in [3.05, 3.63) is 225 Å². The van der Waals surface area contributed by atoms with Crippen molar-refractivity contribution in [3.8, 4) is 66.8 Å². The number of hydrogen-bond donors (Lipinski definition) is 0. The summed E-state index contributed by atoms with van der Waals surface area (Å²) >= 11 is -4.29. The van der Waals surface area contributed by atoms with E-state index in [1.165, 1.54) is 167 Å². The van der Waals surface area contributed by atoms with Crippen LogP contribution in [-0.2, 0) is 32.8 Å². The monoisotopic (exact) mass is 1110 g/mol. The third-order valence-electron chi connectivity index (χ3n) is 17.1. The zero-order valence-corrected chi connectivity index (χ0v) is 47.9. The molecule has 12 rings (SSSR count). The molecule has 2 aliphatic carbocycles. The van der Waals surface area contributed by atoms with Crippen LogP contribution in [0, 0.1) is 41.5 Å². The van der Waals surface area contributed by atoms with Gasteiger partial charge in [0.1, 0.15) is 0 Å². The van der Waals surface area contributed by atoms with E-state index in [2.05, 4.69) is 225 Å². The fraction of sp³-hybridized carbons (Fsp3) is 0.222. The Kier molecular flexibility index (Phi) is 12.5. The molecule has 1 heteroatoms. The van der Waals surface area contributed by atoms with Gasteiger partial charge in [0.25, 0.3) is 0 Å². The molecule has 0 saturated carbocycles. The summed E-state index contributed by atoms with van der Waals surface area (Å²) in [6.45, 7) is 18.8. The maximum absolute atomic E-state index is 4.29. The Bertz CT molecular complexity index is 3780. The molecule has 0 unspecified atom stereocenters. The van der Waals surface area contributed by atoms with Crippen molar-refractivity contribution < 1.29 is 20.0 Å². The van der Waals surface area contributed by atoms with Crippen LogP contribution in [0.4, 0.5) is 0 Å². The van der Waals surface area contributed by atoms with Crippen LogP contribution in [0.1, 0.15) is 95.2 Å². The molecule has 10 aromatic carbocycles. The van der Waals surface area contributed by atoms with E-state index < -0.39 is 20.0 Å². The molecule has 0 amide bonds. The molecule has 0 fully saturated rings. The molecule has 0 bridgehead atoms. The Labute approximate surface area is 439 Å². The number of rotatable bonds is 12. The average molecular weight is 1110 g/mol. The summed E-state index contributed by atoms with van der Waals surface area (Å²) in [5.41, 5.74) is 31.4. The van der Waals surface area contributed by atoms with Gasteiger partial charge in [0.15, 0.2) is 0 Å². The first-order valence-corrected chi connectivity index (χ1v) is 36.0. The van der Waals surface area contributed by atoms with Gasteiger partial charge in [-0.2, -0.15) is 0 Å². The Morgan fingerprint density at radius 2 is 0.781 bits per heavy atom. The summed E-state index contributed by atoms with van der Waals surface area (Å²) in [6.07, 6.45) is 6.78. The Morgan fingerprint density at radius 1 is 0.356 bits per heavy atom. The molecule has 0 spiro atoms. The summed E-state index contributed by atoms with van der Waals surface area (Å²) < 4.78 is 6.17. The van der Waals surface area contributed by atoms with E-state index in [-0.39, 0.29) is 0 Å². The molecule has 0 saturated heterocycles. The van der Waals surface area contributed by atoms with Gasteiger partial charge in [-0.15, -0.1) is 0 Å². The Balaban J connectivity index is 1.17. The molecule has 10 aromatic rings. The van der Waals surface area contributed by atoms with Gasteiger partial charge in [-0.25, -0.2) is 0 Å². The van der Waals surface area contributed by atoms with Crippen LogP contribution >= 0.6 is 0 Å². The van der Waals surface area contributed by atoms with E-state index in [1.54, 1.807) is 17.8 Å². The van der Waals surface area contributed by atoms with Gasteiger partial charge in [-0.1, -0.05) is 0 Å². The van der Waals surface area contributed by atoms with Crippen molar-refractivity contribution in [3.63, 3.8) is 0 Å². The fourth-order valence-corrected chi connectivity index (χ4v) is 37.5. The van der Waals surface area contributed by atoms with Gasteiger partial charge in [0, 0.05) is 0 Å². The zero-order valence-electron chi connectivity index (χ0n) is 44.3. The first-order chi connectivity index (χ1) is 35.6. The standard InChI is InChI=1S/C33H21.C31H29.2C4H9.Hf/c1-3-11-28-22(7-1)9-5-13-30(28)24-15-17-32-26(19-24)21-27-20-25(16-18-33(27)32)31-14-6-10-23-8-2-4-12-29(23)31;1-18-11-20(3)30(21(4)12-18)24-7-9-28-26(15-24)17-27-16-25(8-10-29(27)28)31-22(5)13-19(2)14-23(31)6;2*1-3-4-2;/h1-19H,21H2;7-15H,17H2,1-6H3;2*1,3-4H2,2H3;. The molecule has 0 aliphatic heterocycles. The third-order valence-corrected chi connectivity index (χ3v) is 36.8. The van der Waals surface area contributed by atoms with Crippen molar-refractivity contribution >= 4 is 28.2 Å². The first kappa shape index (κ1) is 47.6. The number of hydrogen-bond acceptors (Lipinski definition) is 0. The quantitative estimate of drug-likeness (QED) is 0.107. The van der Waals surface area contributed by atoms with Crippen molar-refractivity contribution in [2.75, 3.05) is 0 Å². The van der Waals surface area contributed by atoms with Crippen LogP contribution < -0.4 is 6.64 Å². The van der Waals surface area contributed by atoms with Crippen LogP contribution in [0.3, 0.4) is 0 Å². The number of aryl methyl sites for hydroxylation is 6. The number of benzene rings is 10. The van der Waals surface area contributed by atoms with Crippen molar-refractivity contribution in [1.82, 2.24) is 0 Å². The van der Waals surface area contributed by atoms with Crippen LogP contribution in [0.25, 0.3) is 88.3 Å². The van der Waals surface area contributed by atoms with E-state index in [9.17, 15) is 0 Å². The van der Waals surface area contributed by atoms with E-state index >= 15 is 0 Å². The molecule has 0 radical (unpaired) electrons. The zero-order chi connectivity index (χ0) is 50.1. The molecule has 2 aliphatic rings. The Morgan fingerprint density at radius 3 is 1.34 bits per heavy atom. The van der Waals surface area contributed by atoms with Crippen LogP contribution in [-0.4, -0.2) is 0 Å². The summed E-state index contributed by atoms with van der Waals surface area (Å²) in [4.78, 5) is 0. The second-order valence-corrected chi connectivity index (χ2v) is 37.0. The summed E-state index contributed by atoms with van der Waals surface area (Å²) in [5.74, 6) is 0. The van der Waals surface area contributed by atoms with Gasteiger partial charge in [-0.3, -0.25) is 0 Å². The van der Waals surface area contributed by atoms with Gasteiger partial charge < -0.3 is 0 Å². The van der Waals surface area contributed by atoms with Gasteiger partial charge in [0.05, 0.1) is 0 Å². The summed E-state index contributed by atoms with van der Waals surface area (Å²) in [7, 11) is 0. The molecule has 73 heavy (non-hydrogen) atoms. The second kappa shape index (κ2) is 19.1. The van der Waals surface area contributed by atoms with Gasteiger partial charge in [-0.05, 0) is 0 Å². The molecule has 0 aromatic heterocycles. The summed E-state index contributed by atoms with van der Waals surface area (Å²) in [6, 6.07) is 66.9. The maximum atomic E-state index is 2.62. The molecule has 0 heterocycles. The number of unbranched alkanes of at least 4 members (excludes halogenated alkanes) is 2. The van der Waals surface area contributed by atoms with E-state index in [1.807, 2.05) is 0 Å². The fourth-order valence-electron chi connectivity index (χ4n) is 14.3. The van der Waals surface area contributed by atoms with Crippen molar-refractivity contribution in [1.29, 1.82) is 0 Å². The SMILES string of the molecule is CCC[CH2][Hf]([CH2]CCC)([c]1c(-c2c(C)cc(C)cc2C)ccc2c1Cc1cc(-c3c(C)cc(C)cc3C)ccc1-2)[c]1c(-c2cccc3ccccc23)ccc2c1Cc1cc(-c3cccc4ccccc34)ccc1-2. The summed E-state index contributed by atoms with van der Waals surface area (Å²) in [5, 5.41) is 5.29. The van der Waals surface area contributed by atoms with Crippen LogP contribution in [0.2, 0.25) is 8.35 Å². The van der Waals surface area contributed by atoms with E-state index in [0.717, 1.165) is 12.8 Å². The number of fused-ring (bicyclic) bond motifs is 8. The molecular formula is C72H68Hf. The molecular weight excluding hydrogens is 1040 g/mol. The van der Waals surface area contributed by atoms with Crippen LogP contribution in [0.5, 0.6) is 0 Å². The first-order valence-electron chi connectivity index (χ1n) is 27.3. The van der Waals surface area contributed by atoms with E-state index in [4.69, 9.17) is 0 Å². The van der Waals surface area contributed by atoms with E-state index in [0.29, 0.717) is 0 Å². The van der Waals surface area contributed by atoms with Crippen LogP contribution in [0.15, 0.2) is 170 Å². The minimum absolute atomic E-state index is 0.961. The van der Waals surface area contributed by atoms with Gasteiger partial charge in [0.2, 0.25) is 0 Å². The predicted octanol–water partition coefficient (Wildman–Crippen LogP) is 19.2. The van der Waals surface area contributed by atoms with Crippen molar-refractivity contribution in [2.45, 2.75) is 102 Å². The third kappa shape index (κ3) is 8.04. The molecule has 0 atom stereocenters. The molecule has 0 N–H and O–H groups in total.